The van der Waals surface area contributed by atoms with E-state index in [0.29, 0.717) is 13.0 Å². The largest absolute Gasteiger partial charge is 0.494 e. The Bertz CT molecular complexity index is 269. The lowest BCUT2D eigenvalue weighted by molar-refractivity contribution is 0.306. The van der Waals surface area contributed by atoms with Crippen LogP contribution in [0.25, 0.3) is 0 Å². The minimum absolute atomic E-state index is 0.269. The third-order valence-electron chi connectivity index (χ3n) is 1.58. The number of ether oxygens (including phenoxy) is 1. The van der Waals surface area contributed by atoms with E-state index in [1.54, 1.807) is 0 Å². The fourth-order valence-electron chi connectivity index (χ4n) is 0.934. The zero-order chi connectivity index (χ0) is 11.1. The smallest absolute Gasteiger partial charge is 0.119 e. The first-order valence-electron chi connectivity index (χ1n) is 5.76. The van der Waals surface area contributed by atoms with E-state index in [-0.39, 0.29) is 6.42 Å². The lowest BCUT2D eigenvalue weighted by Gasteiger charge is -2.04. The molecular weight excluding hydrogens is 148 g/mol. The molecule has 1 nitrogen and oxygen atoms in total. The average Bonchev–Trinajstić information content (AvgIpc) is 2.17. The standard InChI is InChI=1S/C11H16O/c1-2-3-7-10-12-11-8-5-4-6-9-11/h4-6,8-9H,2-3,7,10H2,1H3/i1D3. The summed E-state index contributed by atoms with van der Waals surface area (Å²) in [5, 5.41) is 0. The highest BCUT2D eigenvalue weighted by molar-refractivity contribution is 5.20. The first kappa shape index (κ1) is 5.63. The Morgan fingerprint density at radius 2 is 2.08 bits per heavy atom. The summed E-state index contributed by atoms with van der Waals surface area (Å²) < 4.78 is 26.5. The first-order valence-corrected chi connectivity index (χ1v) is 4.26. The van der Waals surface area contributed by atoms with Crippen LogP contribution in [0, 0.1) is 0 Å². The summed E-state index contributed by atoms with van der Waals surface area (Å²) in [6.45, 7) is -1.22. The molecule has 0 saturated carbocycles. The van der Waals surface area contributed by atoms with Crippen molar-refractivity contribution < 1.29 is 8.85 Å². The quantitative estimate of drug-likeness (QED) is 0.612. The van der Waals surface area contributed by atoms with Crippen LogP contribution in [0.2, 0.25) is 0 Å². The molecule has 1 aromatic rings. The van der Waals surface area contributed by atoms with Gasteiger partial charge in [0.1, 0.15) is 5.75 Å². The van der Waals surface area contributed by atoms with Crippen LogP contribution in [-0.2, 0) is 0 Å². The van der Waals surface area contributed by atoms with Gasteiger partial charge in [0, 0.05) is 4.11 Å². The minimum atomic E-state index is -1.80. The van der Waals surface area contributed by atoms with Crippen molar-refractivity contribution in [3.8, 4) is 5.75 Å². The predicted molar refractivity (Wildman–Crippen MR) is 51.5 cm³/mol. The molecule has 0 spiro atoms. The highest BCUT2D eigenvalue weighted by Gasteiger charge is 1.89. The second-order valence-electron chi connectivity index (χ2n) is 2.62. The van der Waals surface area contributed by atoms with Gasteiger partial charge < -0.3 is 4.74 Å². The van der Waals surface area contributed by atoms with E-state index >= 15 is 0 Å². The van der Waals surface area contributed by atoms with E-state index < -0.39 is 6.85 Å². The molecule has 0 amide bonds. The normalized spacial score (nSPS) is 14.5. The van der Waals surface area contributed by atoms with Gasteiger partial charge in [-0.1, -0.05) is 37.9 Å². The van der Waals surface area contributed by atoms with Crippen molar-refractivity contribution in [1.29, 1.82) is 0 Å². The molecule has 0 fully saturated rings. The maximum atomic E-state index is 7.02. The van der Waals surface area contributed by atoms with Gasteiger partial charge in [-0.2, -0.15) is 0 Å². The second-order valence-corrected chi connectivity index (χ2v) is 2.62. The number of unbranched alkanes of at least 4 members (excludes halogenated alkanes) is 1. The van der Waals surface area contributed by atoms with E-state index in [1.807, 2.05) is 30.3 Å². The van der Waals surface area contributed by atoms with Crippen LogP contribution in [0.4, 0.5) is 0 Å². The van der Waals surface area contributed by atoms with Crippen molar-refractivity contribution in [2.75, 3.05) is 6.61 Å². The van der Waals surface area contributed by atoms with Crippen molar-refractivity contribution >= 4 is 0 Å². The summed E-state index contributed by atoms with van der Waals surface area (Å²) in [6, 6.07) is 9.55. The summed E-state index contributed by atoms with van der Waals surface area (Å²) in [7, 11) is 0. The lowest BCUT2D eigenvalue weighted by Crippen LogP contribution is -1.96. The van der Waals surface area contributed by atoms with Crippen molar-refractivity contribution in [2.45, 2.75) is 26.1 Å². The summed E-state index contributed by atoms with van der Waals surface area (Å²) in [5.74, 6) is 0.839. The van der Waals surface area contributed by atoms with Crippen LogP contribution < -0.4 is 4.74 Å². The fraction of sp³-hybridized carbons (Fsp3) is 0.455. The molecular formula is C11H16O. The van der Waals surface area contributed by atoms with Gasteiger partial charge in [-0.05, 0) is 18.6 Å². The van der Waals surface area contributed by atoms with E-state index in [9.17, 15) is 0 Å². The Morgan fingerprint density at radius 3 is 2.83 bits per heavy atom. The molecule has 1 rings (SSSR count). The number of para-hydroxylation sites is 1. The van der Waals surface area contributed by atoms with Crippen LogP contribution in [0.1, 0.15) is 30.2 Å². The number of hydrogen-bond acceptors (Lipinski definition) is 1. The van der Waals surface area contributed by atoms with Crippen LogP contribution in [0.15, 0.2) is 30.3 Å². The molecule has 1 heteroatoms. The van der Waals surface area contributed by atoms with E-state index in [1.165, 1.54) is 0 Å². The van der Waals surface area contributed by atoms with Crippen LogP contribution in [-0.4, -0.2) is 6.61 Å². The van der Waals surface area contributed by atoms with E-state index in [0.717, 1.165) is 12.2 Å². The monoisotopic (exact) mass is 167 g/mol. The van der Waals surface area contributed by atoms with E-state index in [4.69, 9.17) is 8.85 Å². The maximum absolute atomic E-state index is 7.02. The molecule has 0 aliphatic rings. The first-order chi connectivity index (χ1) is 7.08. The Morgan fingerprint density at radius 1 is 1.25 bits per heavy atom. The topological polar surface area (TPSA) is 9.23 Å². The van der Waals surface area contributed by atoms with Crippen molar-refractivity contribution in [1.82, 2.24) is 0 Å². The van der Waals surface area contributed by atoms with Gasteiger partial charge in [-0.3, -0.25) is 0 Å². The van der Waals surface area contributed by atoms with Crippen LogP contribution in [0.3, 0.4) is 0 Å². The Hall–Kier alpha value is -0.980. The SMILES string of the molecule is [2H]C([2H])([2H])CCCCOc1ccccc1. The van der Waals surface area contributed by atoms with Crippen LogP contribution in [0.5, 0.6) is 5.75 Å². The summed E-state index contributed by atoms with van der Waals surface area (Å²) >= 11 is 0. The molecule has 0 saturated heterocycles. The Labute approximate surface area is 78.6 Å². The molecule has 0 atom stereocenters. The summed E-state index contributed by atoms with van der Waals surface area (Å²) in [5.41, 5.74) is 0. The Kier molecular flexibility index (Phi) is 2.65. The Balaban J connectivity index is 2.08. The van der Waals surface area contributed by atoms with Gasteiger partial charge in [0.25, 0.3) is 0 Å². The van der Waals surface area contributed by atoms with Gasteiger partial charge in [0.15, 0.2) is 0 Å². The van der Waals surface area contributed by atoms with Crippen molar-refractivity contribution in [3.63, 3.8) is 0 Å². The molecule has 0 radical (unpaired) electrons. The molecule has 0 aliphatic heterocycles. The number of benzene rings is 1. The van der Waals surface area contributed by atoms with Gasteiger partial charge in [-0.25, -0.2) is 0 Å². The predicted octanol–water partition coefficient (Wildman–Crippen LogP) is 3.26. The van der Waals surface area contributed by atoms with Crippen LogP contribution >= 0.6 is 0 Å². The van der Waals surface area contributed by atoms with Gasteiger partial charge in [-0.15, -0.1) is 0 Å². The van der Waals surface area contributed by atoms with Gasteiger partial charge in [0.05, 0.1) is 6.61 Å². The molecule has 1 aromatic carbocycles. The molecule has 0 N–H and O–H groups in total. The van der Waals surface area contributed by atoms with Crippen molar-refractivity contribution in [3.05, 3.63) is 30.3 Å². The summed E-state index contributed by atoms with van der Waals surface area (Å²) in [4.78, 5) is 0. The van der Waals surface area contributed by atoms with E-state index in [2.05, 4.69) is 0 Å². The molecule has 0 unspecified atom stereocenters. The van der Waals surface area contributed by atoms with Crippen molar-refractivity contribution in [2.24, 2.45) is 0 Å². The second kappa shape index (κ2) is 5.64. The van der Waals surface area contributed by atoms with Gasteiger partial charge >= 0.3 is 0 Å². The molecule has 0 bridgehead atoms. The third-order valence-corrected chi connectivity index (χ3v) is 1.58. The number of hydrogen-bond donors (Lipinski definition) is 0. The number of rotatable bonds is 5. The third kappa shape index (κ3) is 3.42. The minimum Gasteiger partial charge on any atom is -0.494 e. The fourth-order valence-corrected chi connectivity index (χ4v) is 0.934. The molecule has 0 aromatic heterocycles. The maximum Gasteiger partial charge on any atom is 0.119 e. The average molecular weight is 167 g/mol. The lowest BCUT2D eigenvalue weighted by atomic mass is 10.3. The molecule has 66 valence electrons. The molecule has 0 aliphatic carbocycles. The zero-order valence-corrected chi connectivity index (χ0v) is 7.12. The summed E-state index contributed by atoms with van der Waals surface area (Å²) in [6.07, 6.45) is 1.74. The highest BCUT2D eigenvalue weighted by Crippen LogP contribution is 2.08. The zero-order valence-electron chi connectivity index (χ0n) is 10.1. The van der Waals surface area contributed by atoms with Gasteiger partial charge in [0.2, 0.25) is 0 Å². The molecule has 0 heterocycles. The molecule has 12 heavy (non-hydrogen) atoms. The highest BCUT2D eigenvalue weighted by atomic mass is 16.5.